The summed E-state index contributed by atoms with van der Waals surface area (Å²) in [6, 6.07) is 0. The molecule has 0 aliphatic rings. The molecule has 0 bridgehead atoms. The minimum Gasteiger partial charge on any atom is -0.298 e. The normalized spacial score (nSPS) is 10.5. The van der Waals surface area contributed by atoms with Gasteiger partial charge in [0.05, 0.1) is 0 Å². The monoisotopic (exact) mass is 135 g/mol. The van der Waals surface area contributed by atoms with Crippen LogP contribution in [0, 0.1) is 6.57 Å². The molecule has 0 aromatic carbocycles. The van der Waals surface area contributed by atoms with Crippen molar-refractivity contribution >= 4 is 10.2 Å². The van der Waals surface area contributed by atoms with Gasteiger partial charge in [0, 0.05) is 0 Å². The van der Waals surface area contributed by atoms with Gasteiger partial charge in [-0.15, -0.1) is 4.72 Å². The van der Waals surface area contributed by atoms with Gasteiger partial charge in [-0.2, -0.15) is 8.42 Å². The summed E-state index contributed by atoms with van der Waals surface area (Å²) >= 11 is 0. The van der Waals surface area contributed by atoms with E-state index in [-0.39, 0.29) is 6.67 Å². The predicted octanol–water partition coefficient (Wildman–Crippen LogP) is -1.34. The molecule has 0 unspecified atom stereocenters. The summed E-state index contributed by atoms with van der Waals surface area (Å²) in [4.78, 5) is 2.70. The highest BCUT2D eigenvalue weighted by molar-refractivity contribution is 7.87. The van der Waals surface area contributed by atoms with E-state index in [1.807, 2.05) is 0 Å². The van der Waals surface area contributed by atoms with Crippen LogP contribution in [0.25, 0.3) is 4.85 Å². The van der Waals surface area contributed by atoms with Gasteiger partial charge in [0.15, 0.2) is 0 Å². The van der Waals surface area contributed by atoms with Crippen LogP contribution in [0.2, 0.25) is 0 Å². The molecule has 0 aromatic rings. The van der Waals surface area contributed by atoms with Crippen LogP contribution in [0.3, 0.4) is 0 Å². The van der Waals surface area contributed by atoms with Crippen molar-refractivity contribution in [1.29, 1.82) is 0 Å². The third-order valence-electron chi connectivity index (χ3n) is 0.345. The van der Waals surface area contributed by atoms with Crippen LogP contribution in [0.1, 0.15) is 0 Å². The summed E-state index contributed by atoms with van der Waals surface area (Å²) in [6.07, 6.45) is 0. The highest BCUT2D eigenvalue weighted by Gasteiger charge is 1.98. The maximum absolute atomic E-state index is 9.91. The van der Waals surface area contributed by atoms with Crippen molar-refractivity contribution in [3.05, 3.63) is 11.4 Å². The lowest BCUT2D eigenvalue weighted by Crippen LogP contribution is -2.30. The first-order valence-electron chi connectivity index (χ1n) is 1.67. The van der Waals surface area contributed by atoms with Gasteiger partial charge in [-0.1, -0.05) is 0 Å². The SMILES string of the molecule is [C-]#[N+]CNS(N)(=O)=O. The first-order chi connectivity index (χ1) is 3.56. The molecule has 0 aliphatic carbocycles. The average molecular weight is 135 g/mol. The second-order valence-electron chi connectivity index (χ2n) is 1.01. The fourth-order valence-corrected chi connectivity index (χ4v) is 0.367. The lowest BCUT2D eigenvalue weighted by atomic mass is 11.2. The number of rotatable bonds is 2. The average Bonchev–Trinajstić information content (AvgIpc) is 1.59. The van der Waals surface area contributed by atoms with Crippen LogP contribution in [0.4, 0.5) is 0 Å². The van der Waals surface area contributed by atoms with Crippen molar-refractivity contribution in [2.75, 3.05) is 6.67 Å². The number of nitrogens with zero attached hydrogens (tertiary/aromatic N) is 1. The molecule has 0 spiro atoms. The minimum absolute atomic E-state index is 0.293. The molecule has 0 atom stereocenters. The zero-order valence-corrected chi connectivity index (χ0v) is 4.77. The summed E-state index contributed by atoms with van der Waals surface area (Å²) in [6.45, 7) is 5.83. The van der Waals surface area contributed by atoms with Crippen LogP contribution >= 0.6 is 0 Å². The van der Waals surface area contributed by atoms with Crippen LogP contribution in [0.5, 0.6) is 0 Å². The molecule has 0 aliphatic heterocycles. The van der Waals surface area contributed by atoms with Gasteiger partial charge < -0.3 is 0 Å². The summed E-state index contributed by atoms with van der Waals surface area (Å²) in [5.41, 5.74) is 0. The van der Waals surface area contributed by atoms with E-state index in [4.69, 9.17) is 6.57 Å². The van der Waals surface area contributed by atoms with Crippen molar-refractivity contribution in [1.82, 2.24) is 4.72 Å². The Labute approximate surface area is 47.5 Å². The Morgan fingerprint density at radius 2 is 2.25 bits per heavy atom. The van der Waals surface area contributed by atoms with E-state index in [2.05, 4.69) is 9.98 Å². The minimum atomic E-state index is -3.65. The smallest absolute Gasteiger partial charge is 0.281 e. The van der Waals surface area contributed by atoms with Crippen molar-refractivity contribution in [3.63, 3.8) is 0 Å². The molecule has 0 saturated heterocycles. The van der Waals surface area contributed by atoms with Gasteiger partial charge >= 0.3 is 0 Å². The standard InChI is InChI=1S/C2H5N3O2S/c1-4-2-5-8(3,6)7/h5H,2H2,(H2,3,6,7). The Kier molecular flexibility index (Phi) is 2.41. The molecule has 0 heterocycles. The Hall–Kier alpha value is -0.640. The number of hydrogen-bond acceptors (Lipinski definition) is 2. The molecule has 0 amide bonds. The summed E-state index contributed by atoms with van der Waals surface area (Å²) in [7, 11) is -3.65. The van der Waals surface area contributed by atoms with E-state index in [9.17, 15) is 8.42 Å². The summed E-state index contributed by atoms with van der Waals surface area (Å²) < 4.78 is 21.6. The maximum atomic E-state index is 9.91. The molecule has 5 nitrogen and oxygen atoms in total. The molecule has 8 heavy (non-hydrogen) atoms. The van der Waals surface area contributed by atoms with Gasteiger partial charge in [0.2, 0.25) is 0 Å². The molecule has 3 N–H and O–H groups in total. The lowest BCUT2D eigenvalue weighted by Gasteiger charge is -1.87. The van der Waals surface area contributed by atoms with E-state index in [1.54, 1.807) is 4.72 Å². The van der Waals surface area contributed by atoms with Crippen LogP contribution in [-0.4, -0.2) is 15.1 Å². The van der Waals surface area contributed by atoms with Crippen molar-refractivity contribution < 1.29 is 8.42 Å². The van der Waals surface area contributed by atoms with E-state index >= 15 is 0 Å². The fourth-order valence-electron chi connectivity index (χ4n) is 0.122. The fraction of sp³-hybridized carbons (Fsp3) is 0.500. The Bertz CT molecular complexity index is 188. The van der Waals surface area contributed by atoms with Crippen LogP contribution < -0.4 is 9.86 Å². The summed E-state index contributed by atoms with van der Waals surface area (Å²) in [5, 5.41) is 4.44. The lowest BCUT2D eigenvalue weighted by molar-refractivity contribution is 0.587. The van der Waals surface area contributed by atoms with E-state index in [0.717, 1.165) is 0 Å². The van der Waals surface area contributed by atoms with Gasteiger partial charge in [0.25, 0.3) is 16.9 Å². The van der Waals surface area contributed by atoms with Crippen molar-refractivity contribution in [2.24, 2.45) is 5.14 Å². The van der Waals surface area contributed by atoms with Crippen LogP contribution in [-0.2, 0) is 10.2 Å². The quantitative estimate of drug-likeness (QED) is 0.459. The zero-order chi connectivity index (χ0) is 6.62. The Morgan fingerprint density at radius 1 is 1.75 bits per heavy atom. The maximum Gasteiger partial charge on any atom is 0.281 e. The van der Waals surface area contributed by atoms with Gasteiger partial charge in [-0.25, -0.2) is 11.7 Å². The first kappa shape index (κ1) is 7.36. The second kappa shape index (κ2) is 2.61. The largest absolute Gasteiger partial charge is 0.298 e. The second-order valence-corrected chi connectivity index (χ2v) is 2.38. The number of hydrogen-bond donors (Lipinski definition) is 2. The van der Waals surface area contributed by atoms with Gasteiger partial charge in [-0.05, 0) is 0 Å². The topological polar surface area (TPSA) is 76.5 Å². The molecule has 0 radical (unpaired) electrons. The molecular weight excluding hydrogens is 130 g/mol. The number of nitrogens with one attached hydrogen (secondary N) is 1. The Morgan fingerprint density at radius 3 is 2.38 bits per heavy atom. The van der Waals surface area contributed by atoms with Crippen LogP contribution in [0.15, 0.2) is 0 Å². The molecule has 0 fully saturated rings. The first-order valence-corrected chi connectivity index (χ1v) is 3.21. The summed E-state index contributed by atoms with van der Waals surface area (Å²) in [5.74, 6) is 0. The van der Waals surface area contributed by atoms with E-state index in [0.29, 0.717) is 0 Å². The molecule has 46 valence electrons. The molecule has 6 heteroatoms. The van der Waals surface area contributed by atoms with E-state index < -0.39 is 10.2 Å². The predicted molar refractivity (Wildman–Crippen MR) is 27.7 cm³/mol. The number of nitrogens with two attached hydrogens (primary N) is 1. The molecular formula is C2H5N3O2S. The van der Waals surface area contributed by atoms with Crippen molar-refractivity contribution in [3.8, 4) is 0 Å². The molecule has 0 saturated carbocycles. The highest BCUT2D eigenvalue weighted by Crippen LogP contribution is 1.64. The van der Waals surface area contributed by atoms with E-state index in [1.165, 1.54) is 0 Å². The third kappa shape index (κ3) is 5.36. The highest BCUT2D eigenvalue weighted by atomic mass is 32.2. The Balaban J connectivity index is 3.63. The van der Waals surface area contributed by atoms with Crippen molar-refractivity contribution in [2.45, 2.75) is 0 Å². The molecule has 0 aromatic heterocycles. The van der Waals surface area contributed by atoms with Gasteiger partial charge in [0.1, 0.15) is 0 Å². The molecule has 0 rings (SSSR count). The third-order valence-corrected chi connectivity index (χ3v) is 0.876. The zero-order valence-electron chi connectivity index (χ0n) is 3.96. The van der Waals surface area contributed by atoms with Gasteiger partial charge in [-0.3, -0.25) is 4.85 Å².